The van der Waals surface area contributed by atoms with Crippen LogP contribution in [0.5, 0.6) is 0 Å². The molecule has 0 bridgehead atoms. The lowest BCUT2D eigenvalue weighted by Gasteiger charge is -2.27. The Hall–Kier alpha value is -1.43. The summed E-state index contributed by atoms with van der Waals surface area (Å²) < 4.78 is 5.50. The number of anilines is 1. The second-order valence-corrected chi connectivity index (χ2v) is 5.95. The topological polar surface area (TPSA) is 67.3 Å². The van der Waals surface area contributed by atoms with Gasteiger partial charge in [0.25, 0.3) is 0 Å². The minimum atomic E-state index is -0.0154. The van der Waals surface area contributed by atoms with Crippen molar-refractivity contribution in [2.75, 3.05) is 31.7 Å². The molecule has 0 saturated carbocycles. The predicted molar refractivity (Wildman–Crippen MR) is 82.6 cm³/mol. The maximum absolute atomic E-state index is 9.27. The van der Waals surface area contributed by atoms with Crippen molar-refractivity contribution in [3.05, 3.63) is 29.5 Å². The van der Waals surface area contributed by atoms with Crippen LogP contribution < -0.4 is 5.32 Å². The first-order valence-electron chi connectivity index (χ1n) is 7.05. The lowest BCUT2D eigenvalue weighted by atomic mass is 9.84. The molecular formula is C15H18ClN3O2. The lowest BCUT2D eigenvalue weighted by molar-refractivity contribution is 0.133. The SMILES string of the molecule is OCCC1(CNc2ncnc3cc(Cl)ccc23)CCOC1. The quantitative estimate of drug-likeness (QED) is 0.888. The molecule has 1 saturated heterocycles. The van der Waals surface area contributed by atoms with Gasteiger partial charge in [-0.15, -0.1) is 0 Å². The molecule has 112 valence electrons. The van der Waals surface area contributed by atoms with Crippen LogP contribution in [0.3, 0.4) is 0 Å². The molecule has 1 aromatic heterocycles. The summed E-state index contributed by atoms with van der Waals surface area (Å²) in [5.41, 5.74) is 0.803. The Morgan fingerprint density at radius 3 is 3.05 bits per heavy atom. The van der Waals surface area contributed by atoms with Gasteiger partial charge in [-0.25, -0.2) is 9.97 Å². The van der Waals surface area contributed by atoms with E-state index in [1.165, 1.54) is 6.33 Å². The van der Waals surface area contributed by atoms with E-state index in [9.17, 15) is 5.11 Å². The van der Waals surface area contributed by atoms with Crippen molar-refractivity contribution >= 4 is 28.3 Å². The van der Waals surface area contributed by atoms with E-state index in [0.717, 1.165) is 42.7 Å². The molecular weight excluding hydrogens is 290 g/mol. The van der Waals surface area contributed by atoms with Gasteiger partial charge in [0.1, 0.15) is 12.1 Å². The number of nitrogens with one attached hydrogen (secondary N) is 1. The van der Waals surface area contributed by atoms with Crippen molar-refractivity contribution in [1.29, 1.82) is 0 Å². The third kappa shape index (κ3) is 3.10. The van der Waals surface area contributed by atoms with Crippen LogP contribution in [-0.2, 0) is 4.74 Å². The summed E-state index contributed by atoms with van der Waals surface area (Å²) in [5.74, 6) is 0.792. The van der Waals surface area contributed by atoms with Gasteiger partial charge in [-0.3, -0.25) is 0 Å². The summed E-state index contributed by atoms with van der Waals surface area (Å²) in [7, 11) is 0. The normalized spacial score (nSPS) is 21.8. The molecule has 21 heavy (non-hydrogen) atoms. The molecule has 0 aliphatic carbocycles. The second-order valence-electron chi connectivity index (χ2n) is 5.51. The van der Waals surface area contributed by atoms with Crippen LogP contribution in [0.4, 0.5) is 5.82 Å². The van der Waals surface area contributed by atoms with E-state index in [1.54, 1.807) is 0 Å². The number of aromatic nitrogens is 2. The number of rotatable bonds is 5. The van der Waals surface area contributed by atoms with E-state index in [4.69, 9.17) is 16.3 Å². The van der Waals surface area contributed by atoms with Gasteiger partial charge >= 0.3 is 0 Å². The van der Waals surface area contributed by atoms with Crippen molar-refractivity contribution < 1.29 is 9.84 Å². The predicted octanol–water partition coefficient (Wildman–Crippen LogP) is 2.48. The van der Waals surface area contributed by atoms with Crippen LogP contribution in [-0.4, -0.2) is 41.4 Å². The zero-order chi connectivity index (χ0) is 14.7. The summed E-state index contributed by atoms with van der Waals surface area (Å²) in [5, 5.41) is 14.3. The molecule has 1 unspecified atom stereocenters. The molecule has 0 spiro atoms. The fourth-order valence-corrected chi connectivity index (χ4v) is 2.92. The Bertz CT molecular complexity index is 629. The first-order valence-corrected chi connectivity index (χ1v) is 7.43. The molecule has 2 aromatic rings. The molecule has 1 aromatic carbocycles. The zero-order valence-electron chi connectivity index (χ0n) is 11.7. The monoisotopic (exact) mass is 307 g/mol. The Balaban J connectivity index is 1.81. The van der Waals surface area contributed by atoms with Crippen molar-refractivity contribution in [2.45, 2.75) is 12.8 Å². The molecule has 1 fully saturated rings. The van der Waals surface area contributed by atoms with Gasteiger partial charge in [-0.05, 0) is 31.0 Å². The number of fused-ring (bicyclic) bond motifs is 1. The molecule has 1 aliphatic heterocycles. The van der Waals surface area contributed by atoms with Crippen LogP contribution in [0, 0.1) is 5.41 Å². The van der Waals surface area contributed by atoms with E-state index in [2.05, 4.69) is 15.3 Å². The van der Waals surface area contributed by atoms with Gasteiger partial charge in [0.05, 0.1) is 12.1 Å². The highest BCUT2D eigenvalue weighted by Crippen LogP contribution is 2.33. The van der Waals surface area contributed by atoms with Crippen LogP contribution >= 0.6 is 11.6 Å². The molecule has 1 atom stereocenters. The highest BCUT2D eigenvalue weighted by atomic mass is 35.5. The molecule has 0 amide bonds. The summed E-state index contributed by atoms with van der Waals surface area (Å²) in [6.07, 6.45) is 3.22. The number of aliphatic hydroxyl groups excluding tert-OH is 1. The minimum Gasteiger partial charge on any atom is -0.396 e. The first kappa shape index (κ1) is 14.5. The number of halogens is 1. The Labute approximate surface area is 128 Å². The second kappa shape index (κ2) is 6.13. The lowest BCUT2D eigenvalue weighted by Crippen LogP contribution is -2.31. The Kier molecular flexibility index (Phi) is 4.24. The van der Waals surface area contributed by atoms with Gasteiger partial charge in [-0.1, -0.05) is 11.6 Å². The van der Waals surface area contributed by atoms with Crippen molar-refractivity contribution in [2.24, 2.45) is 5.41 Å². The van der Waals surface area contributed by atoms with E-state index < -0.39 is 0 Å². The van der Waals surface area contributed by atoms with Crippen LogP contribution in [0.15, 0.2) is 24.5 Å². The molecule has 2 N–H and O–H groups in total. The standard InChI is InChI=1S/C15H18ClN3O2/c16-11-1-2-12-13(7-11)18-10-19-14(12)17-8-15(3-5-20)4-6-21-9-15/h1-2,7,10,20H,3-6,8-9H2,(H,17,18,19). The molecule has 6 heteroatoms. The Morgan fingerprint density at radius 1 is 1.38 bits per heavy atom. The fourth-order valence-electron chi connectivity index (χ4n) is 2.75. The van der Waals surface area contributed by atoms with Gasteiger partial charge in [-0.2, -0.15) is 0 Å². The number of hydrogen-bond acceptors (Lipinski definition) is 5. The first-order chi connectivity index (χ1) is 10.2. The van der Waals surface area contributed by atoms with Gasteiger partial charge < -0.3 is 15.2 Å². The summed E-state index contributed by atoms with van der Waals surface area (Å²) >= 11 is 5.99. The van der Waals surface area contributed by atoms with E-state index in [-0.39, 0.29) is 12.0 Å². The van der Waals surface area contributed by atoms with Crippen molar-refractivity contribution in [1.82, 2.24) is 9.97 Å². The average Bonchev–Trinajstić information content (AvgIpc) is 2.94. The van der Waals surface area contributed by atoms with Gasteiger partial charge in [0, 0.05) is 35.6 Å². The summed E-state index contributed by atoms with van der Waals surface area (Å²) in [6, 6.07) is 5.58. The van der Waals surface area contributed by atoms with Crippen LogP contribution in [0.2, 0.25) is 5.02 Å². The van der Waals surface area contributed by atoms with Gasteiger partial charge in [0.15, 0.2) is 0 Å². The maximum Gasteiger partial charge on any atom is 0.137 e. The van der Waals surface area contributed by atoms with Crippen molar-refractivity contribution in [3.63, 3.8) is 0 Å². The highest BCUT2D eigenvalue weighted by Gasteiger charge is 2.34. The maximum atomic E-state index is 9.27. The van der Waals surface area contributed by atoms with Crippen molar-refractivity contribution in [3.8, 4) is 0 Å². The highest BCUT2D eigenvalue weighted by molar-refractivity contribution is 6.31. The largest absolute Gasteiger partial charge is 0.396 e. The minimum absolute atomic E-state index is 0.0154. The molecule has 2 heterocycles. The Morgan fingerprint density at radius 2 is 2.29 bits per heavy atom. The third-order valence-electron chi connectivity index (χ3n) is 4.06. The number of hydrogen-bond donors (Lipinski definition) is 2. The number of benzene rings is 1. The molecule has 1 aliphatic rings. The number of ether oxygens (including phenoxy) is 1. The summed E-state index contributed by atoms with van der Waals surface area (Å²) in [6.45, 7) is 2.32. The van der Waals surface area contributed by atoms with E-state index >= 15 is 0 Å². The number of nitrogens with zero attached hydrogens (tertiary/aromatic N) is 2. The number of aliphatic hydroxyl groups is 1. The third-order valence-corrected chi connectivity index (χ3v) is 4.29. The fraction of sp³-hybridized carbons (Fsp3) is 0.467. The van der Waals surface area contributed by atoms with E-state index in [1.807, 2.05) is 18.2 Å². The average molecular weight is 308 g/mol. The molecule has 3 rings (SSSR count). The summed E-state index contributed by atoms with van der Waals surface area (Å²) in [4.78, 5) is 8.56. The molecule has 5 nitrogen and oxygen atoms in total. The van der Waals surface area contributed by atoms with E-state index in [0.29, 0.717) is 11.6 Å². The molecule has 0 radical (unpaired) electrons. The van der Waals surface area contributed by atoms with Gasteiger partial charge in [0.2, 0.25) is 0 Å². The smallest absolute Gasteiger partial charge is 0.137 e. The van der Waals surface area contributed by atoms with Crippen LogP contribution in [0.1, 0.15) is 12.8 Å². The zero-order valence-corrected chi connectivity index (χ0v) is 12.4. The van der Waals surface area contributed by atoms with Crippen LogP contribution in [0.25, 0.3) is 10.9 Å².